The van der Waals surface area contributed by atoms with Crippen LogP contribution >= 0.6 is 0 Å². The Hall–Kier alpha value is -0.410. The summed E-state index contributed by atoms with van der Waals surface area (Å²) in [7, 11) is 0. The van der Waals surface area contributed by atoms with Gasteiger partial charge in [-0.1, -0.05) is 6.42 Å². The fourth-order valence-corrected chi connectivity index (χ4v) is 1.58. The van der Waals surface area contributed by atoms with Gasteiger partial charge < -0.3 is 15.0 Å². The van der Waals surface area contributed by atoms with Crippen LogP contribution in [-0.2, 0) is 4.79 Å². The maximum Gasteiger partial charge on any atom is 0.133 e. The van der Waals surface area contributed by atoms with Gasteiger partial charge in [0.05, 0.1) is 6.54 Å². The molecule has 12 heavy (non-hydrogen) atoms. The largest absolute Gasteiger partial charge is 0.309 e. The molecular formula is C9H18N2O. The average Bonchev–Trinajstić information content (AvgIpc) is 2.14. The van der Waals surface area contributed by atoms with Gasteiger partial charge in [0.2, 0.25) is 0 Å². The molecule has 0 saturated carbocycles. The maximum absolute atomic E-state index is 9.98. The summed E-state index contributed by atoms with van der Waals surface area (Å²) in [5, 5.41) is 3.07. The lowest BCUT2D eigenvalue weighted by Gasteiger charge is -2.26. The second kappa shape index (κ2) is 6.14. The minimum Gasteiger partial charge on any atom is -0.309 e. The van der Waals surface area contributed by atoms with Crippen LogP contribution in [0.3, 0.4) is 0 Å². The number of nitrogens with zero attached hydrogens (tertiary/aromatic N) is 1. The first-order valence-corrected chi connectivity index (χ1v) is 4.80. The molecule has 0 bridgehead atoms. The second-order valence-electron chi connectivity index (χ2n) is 3.27. The van der Waals surface area contributed by atoms with Crippen molar-refractivity contribution in [1.82, 2.24) is 10.2 Å². The number of piperidine rings is 1. The van der Waals surface area contributed by atoms with E-state index in [2.05, 4.69) is 10.2 Å². The Morgan fingerprint density at radius 1 is 1.25 bits per heavy atom. The van der Waals surface area contributed by atoms with Crippen LogP contribution in [0.2, 0.25) is 0 Å². The van der Waals surface area contributed by atoms with E-state index in [0.717, 1.165) is 19.4 Å². The molecule has 0 aliphatic carbocycles. The molecule has 3 nitrogen and oxygen atoms in total. The highest BCUT2D eigenvalue weighted by atomic mass is 16.1. The third kappa shape index (κ3) is 3.83. The molecule has 0 aromatic rings. The van der Waals surface area contributed by atoms with Crippen molar-refractivity contribution in [2.24, 2.45) is 0 Å². The Bertz CT molecular complexity index is 122. The number of likely N-dealkylation sites (tertiary alicyclic amines) is 1. The molecule has 0 unspecified atom stereocenters. The molecule has 0 aromatic heterocycles. The highest BCUT2D eigenvalue weighted by Gasteiger charge is 2.08. The van der Waals surface area contributed by atoms with Crippen molar-refractivity contribution in [3.63, 3.8) is 0 Å². The van der Waals surface area contributed by atoms with E-state index in [0.29, 0.717) is 6.54 Å². The van der Waals surface area contributed by atoms with Gasteiger partial charge in [-0.15, -0.1) is 0 Å². The van der Waals surface area contributed by atoms with Gasteiger partial charge in [-0.05, 0) is 25.9 Å². The quantitative estimate of drug-likeness (QED) is 0.474. The Morgan fingerprint density at radius 2 is 2.00 bits per heavy atom. The molecule has 1 aliphatic heterocycles. The Kier molecular flexibility index (Phi) is 4.95. The predicted molar refractivity (Wildman–Crippen MR) is 49.2 cm³/mol. The van der Waals surface area contributed by atoms with Crippen molar-refractivity contribution in [3.05, 3.63) is 0 Å². The van der Waals surface area contributed by atoms with Crippen LogP contribution in [-0.4, -0.2) is 43.9 Å². The normalized spacial score (nSPS) is 19.3. The molecule has 3 heteroatoms. The smallest absolute Gasteiger partial charge is 0.133 e. The van der Waals surface area contributed by atoms with Gasteiger partial charge in [0.1, 0.15) is 6.29 Å². The lowest BCUT2D eigenvalue weighted by molar-refractivity contribution is -0.107. The highest BCUT2D eigenvalue weighted by molar-refractivity contribution is 5.51. The van der Waals surface area contributed by atoms with E-state index < -0.39 is 0 Å². The van der Waals surface area contributed by atoms with Crippen LogP contribution in [0.25, 0.3) is 0 Å². The van der Waals surface area contributed by atoms with Crippen LogP contribution in [0.5, 0.6) is 0 Å². The van der Waals surface area contributed by atoms with E-state index in [4.69, 9.17) is 0 Å². The molecule has 1 aliphatic rings. The number of nitrogens with one attached hydrogen (secondary N) is 1. The third-order valence-electron chi connectivity index (χ3n) is 2.28. The summed E-state index contributed by atoms with van der Waals surface area (Å²) in [4.78, 5) is 12.4. The van der Waals surface area contributed by atoms with Crippen LogP contribution < -0.4 is 5.32 Å². The minimum atomic E-state index is 0.494. The van der Waals surface area contributed by atoms with E-state index in [1.807, 2.05) is 0 Å². The van der Waals surface area contributed by atoms with Crippen LogP contribution in [0.4, 0.5) is 0 Å². The van der Waals surface area contributed by atoms with E-state index in [1.165, 1.54) is 32.4 Å². The number of rotatable bonds is 5. The number of carbonyl (C=O) groups excluding carboxylic acids is 1. The van der Waals surface area contributed by atoms with E-state index >= 15 is 0 Å². The fraction of sp³-hybridized carbons (Fsp3) is 0.889. The van der Waals surface area contributed by atoms with Crippen molar-refractivity contribution in [3.8, 4) is 0 Å². The maximum atomic E-state index is 9.98. The van der Waals surface area contributed by atoms with Crippen LogP contribution in [0.15, 0.2) is 0 Å². The van der Waals surface area contributed by atoms with E-state index in [1.54, 1.807) is 0 Å². The van der Waals surface area contributed by atoms with E-state index in [-0.39, 0.29) is 0 Å². The molecule has 1 heterocycles. The second-order valence-corrected chi connectivity index (χ2v) is 3.27. The molecule has 0 amide bonds. The van der Waals surface area contributed by atoms with Crippen molar-refractivity contribution in [2.45, 2.75) is 19.3 Å². The van der Waals surface area contributed by atoms with E-state index in [9.17, 15) is 4.79 Å². The number of hydrogen-bond acceptors (Lipinski definition) is 3. The highest BCUT2D eigenvalue weighted by Crippen LogP contribution is 2.06. The standard InChI is InChI=1S/C9H18N2O/c12-9-5-10-4-8-11-6-2-1-3-7-11/h9-10H,1-8H2. The summed E-state index contributed by atoms with van der Waals surface area (Å²) in [6.45, 7) is 5.01. The Morgan fingerprint density at radius 3 is 2.67 bits per heavy atom. The zero-order chi connectivity index (χ0) is 8.65. The van der Waals surface area contributed by atoms with Gasteiger partial charge in [0.15, 0.2) is 0 Å². The van der Waals surface area contributed by atoms with Crippen molar-refractivity contribution < 1.29 is 4.79 Å². The van der Waals surface area contributed by atoms with Gasteiger partial charge in [0, 0.05) is 13.1 Å². The monoisotopic (exact) mass is 170 g/mol. The number of hydrogen-bond donors (Lipinski definition) is 1. The SMILES string of the molecule is O=CCNCCN1CCCCC1. The van der Waals surface area contributed by atoms with Crippen molar-refractivity contribution in [1.29, 1.82) is 0 Å². The lowest BCUT2D eigenvalue weighted by atomic mass is 10.1. The number of aldehydes is 1. The first-order chi connectivity index (χ1) is 5.93. The third-order valence-corrected chi connectivity index (χ3v) is 2.28. The molecule has 1 N–H and O–H groups in total. The van der Waals surface area contributed by atoms with Crippen LogP contribution in [0.1, 0.15) is 19.3 Å². The van der Waals surface area contributed by atoms with Crippen LogP contribution in [0, 0.1) is 0 Å². The summed E-state index contributed by atoms with van der Waals surface area (Å²) in [6.07, 6.45) is 4.98. The van der Waals surface area contributed by atoms with Gasteiger partial charge >= 0.3 is 0 Å². The fourth-order valence-electron chi connectivity index (χ4n) is 1.58. The molecule has 1 rings (SSSR count). The lowest BCUT2D eigenvalue weighted by Crippen LogP contribution is -2.36. The predicted octanol–water partition coefficient (Wildman–Crippen LogP) is 0.261. The molecule has 70 valence electrons. The summed E-state index contributed by atoms with van der Waals surface area (Å²) in [6, 6.07) is 0. The summed E-state index contributed by atoms with van der Waals surface area (Å²) < 4.78 is 0. The summed E-state index contributed by atoms with van der Waals surface area (Å²) in [5.74, 6) is 0. The van der Waals surface area contributed by atoms with Gasteiger partial charge in [-0.2, -0.15) is 0 Å². The zero-order valence-corrected chi connectivity index (χ0v) is 7.59. The molecular weight excluding hydrogens is 152 g/mol. The topological polar surface area (TPSA) is 32.3 Å². The molecule has 1 fully saturated rings. The zero-order valence-electron chi connectivity index (χ0n) is 7.59. The average molecular weight is 170 g/mol. The number of carbonyl (C=O) groups is 1. The molecule has 0 aromatic carbocycles. The first kappa shape index (κ1) is 9.68. The molecule has 1 saturated heterocycles. The minimum absolute atomic E-state index is 0.494. The van der Waals surface area contributed by atoms with Gasteiger partial charge in [0.25, 0.3) is 0 Å². The van der Waals surface area contributed by atoms with Crippen molar-refractivity contribution >= 4 is 6.29 Å². The van der Waals surface area contributed by atoms with Gasteiger partial charge in [-0.3, -0.25) is 0 Å². The Labute approximate surface area is 74.1 Å². The molecule has 0 radical (unpaired) electrons. The van der Waals surface area contributed by atoms with Crippen molar-refractivity contribution in [2.75, 3.05) is 32.7 Å². The molecule has 0 atom stereocenters. The summed E-state index contributed by atoms with van der Waals surface area (Å²) in [5.41, 5.74) is 0. The first-order valence-electron chi connectivity index (χ1n) is 4.80. The summed E-state index contributed by atoms with van der Waals surface area (Å²) >= 11 is 0. The Balaban J connectivity index is 1.94. The van der Waals surface area contributed by atoms with Gasteiger partial charge in [-0.25, -0.2) is 0 Å². The molecule has 0 spiro atoms.